The number of phenolic OH excluding ortho intramolecular Hbond substituents is 1. The predicted molar refractivity (Wildman–Crippen MR) is 70.5 cm³/mol. The van der Waals surface area contributed by atoms with Gasteiger partial charge in [0.25, 0.3) is 0 Å². The molecule has 0 bridgehead atoms. The van der Waals surface area contributed by atoms with Crippen LogP contribution < -0.4 is 0 Å². The van der Waals surface area contributed by atoms with E-state index in [2.05, 4.69) is 19.1 Å². The van der Waals surface area contributed by atoms with Gasteiger partial charge in [-0.05, 0) is 30.5 Å². The Hall–Kier alpha value is -1.24. The van der Waals surface area contributed by atoms with Crippen molar-refractivity contribution in [3.8, 4) is 5.75 Å². The van der Waals surface area contributed by atoms with Gasteiger partial charge in [0, 0.05) is 0 Å². The van der Waals surface area contributed by atoms with E-state index in [1.165, 1.54) is 32.1 Å². The van der Waals surface area contributed by atoms with Crippen molar-refractivity contribution in [1.29, 1.82) is 0 Å². The van der Waals surface area contributed by atoms with Crippen LogP contribution in [0, 0.1) is 0 Å². The van der Waals surface area contributed by atoms with Crippen LogP contribution >= 0.6 is 0 Å². The molecule has 1 N–H and O–H groups in total. The zero-order chi connectivity index (χ0) is 11.6. The van der Waals surface area contributed by atoms with Crippen molar-refractivity contribution in [1.82, 2.24) is 0 Å². The molecule has 0 atom stereocenters. The second kappa shape index (κ2) is 7.98. The van der Waals surface area contributed by atoms with Crippen molar-refractivity contribution < 1.29 is 5.11 Å². The standard InChI is InChI=1S/C15H22O/c1-2-3-4-5-6-7-8-10-14-11-9-12-15(16)13-14/h8-13,16H,2-7H2,1H3. The summed E-state index contributed by atoms with van der Waals surface area (Å²) in [7, 11) is 0. The second-order valence-electron chi connectivity index (χ2n) is 4.20. The molecule has 0 aliphatic rings. The molecule has 1 nitrogen and oxygen atoms in total. The van der Waals surface area contributed by atoms with Crippen molar-refractivity contribution >= 4 is 6.08 Å². The van der Waals surface area contributed by atoms with Crippen molar-refractivity contribution in [3.05, 3.63) is 35.9 Å². The number of phenols is 1. The first-order valence-electron chi connectivity index (χ1n) is 6.28. The van der Waals surface area contributed by atoms with Crippen molar-refractivity contribution in [2.45, 2.75) is 45.4 Å². The third-order valence-corrected chi connectivity index (χ3v) is 2.65. The summed E-state index contributed by atoms with van der Waals surface area (Å²) in [5, 5.41) is 9.28. The Morgan fingerprint density at radius 3 is 2.69 bits per heavy atom. The highest BCUT2D eigenvalue weighted by molar-refractivity contribution is 5.51. The first kappa shape index (κ1) is 12.8. The van der Waals surface area contributed by atoms with Crippen LogP contribution in [0.15, 0.2) is 30.3 Å². The van der Waals surface area contributed by atoms with Crippen LogP contribution in [0.2, 0.25) is 0 Å². The Labute approximate surface area is 98.8 Å². The quantitative estimate of drug-likeness (QED) is 0.654. The minimum atomic E-state index is 0.338. The molecule has 0 aromatic heterocycles. The molecule has 0 heterocycles. The highest BCUT2D eigenvalue weighted by Crippen LogP contribution is 2.13. The van der Waals surface area contributed by atoms with E-state index in [-0.39, 0.29) is 0 Å². The van der Waals surface area contributed by atoms with Gasteiger partial charge in [0.2, 0.25) is 0 Å². The van der Waals surface area contributed by atoms with E-state index in [1.807, 2.05) is 12.1 Å². The van der Waals surface area contributed by atoms with E-state index < -0.39 is 0 Å². The number of aromatic hydroxyl groups is 1. The molecule has 1 aromatic carbocycles. The topological polar surface area (TPSA) is 20.2 Å². The summed E-state index contributed by atoms with van der Waals surface area (Å²) in [5.74, 6) is 0.338. The monoisotopic (exact) mass is 218 g/mol. The van der Waals surface area contributed by atoms with Gasteiger partial charge < -0.3 is 5.11 Å². The molecule has 0 fully saturated rings. The molecule has 0 aliphatic carbocycles. The maximum Gasteiger partial charge on any atom is 0.116 e. The molecule has 0 aliphatic heterocycles. The van der Waals surface area contributed by atoms with E-state index in [4.69, 9.17) is 0 Å². The molecule has 0 amide bonds. The third kappa shape index (κ3) is 5.59. The van der Waals surface area contributed by atoms with Crippen LogP contribution in [0.25, 0.3) is 6.08 Å². The lowest BCUT2D eigenvalue weighted by atomic mass is 10.1. The fourth-order valence-corrected chi connectivity index (χ4v) is 1.71. The van der Waals surface area contributed by atoms with Crippen LogP contribution in [-0.2, 0) is 0 Å². The number of allylic oxidation sites excluding steroid dienone is 1. The van der Waals surface area contributed by atoms with Crippen molar-refractivity contribution in [2.75, 3.05) is 0 Å². The van der Waals surface area contributed by atoms with E-state index in [1.54, 1.807) is 12.1 Å². The van der Waals surface area contributed by atoms with E-state index in [9.17, 15) is 5.11 Å². The lowest BCUT2D eigenvalue weighted by Gasteiger charge is -1.97. The highest BCUT2D eigenvalue weighted by Gasteiger charge is 1.89. The molecule has 1 rings (SSSR count). The maximum atomic E-state index is 9.28. The Bertz CT molecular complexity index is 315. The second-order valence-corrected chi connectivity index (χ2v) is 4.20. The highest BCUT2D eigenvalue weighted by atomic mass is 16.3. The van der Waals surface area contributed by atoms with Gasteiger partial charge in [-0.25, -0.2) is 0 Å². The zero-order valence-corrected chi connectivity index (χ0v) is 10.2. The smallest absolute Gasteiger partial charge is 0.116 e. The van der Waals surface area contributed by atoms with Crippen LogP contribution in [0.1, 0.15) is 51.0 Å². The molecule has 1 heteroatoms. The maximum absolute atomic E-state index is 9.28. The molecule has 0 unspecified atom stereocenters. The first-order chi connectivity index (χ1) is 7.83. The lowest BCUT2D eigenvalue weighted by Crippen LogP contribution is -1.76. The minimum absolute atomic E-state index is 0.338. The van der Waals surface area contributed by atoms with Gasteiger partial charge in [0.15, 0.2) is 0 Å². The summed E-state index contributed by atoms with van der Waals surface area (Å²) in [6.45, 7) is 2.24. The molecular formula is C15H22O. The van der Waals surface area contributed by atoms with Gasteiger partial charge in [0.05, 0.1) is 0 Å². The number of hydrogen-bond acceptors (Lipinski definition) is 1. The zero-order valence-electron chi connectivity index (χ0n) is 10.2. The predicted octanol–water partition coefficient (Wildman–Crippen LogP) is 4.77. The van der Waals surface area contributed by atoms with Gasteiger partial charge in [-0.15, -0.1) is 0 Å². The summed E-state index contributed by atoms with van der Waals surface area (Å²) < 4.78 is 0. The van der Waals surface area contributed by atoms with Gasteiger partial charge in [-0.1, -0.05) is 56.9 Å². The van der Waals surface area contributed by atoms with Crippen LogP contribution in [-0.4, -0.2) is 5.11 Å². The summed E-state index contributed by atoms with van der Waals surface area (Å²) in [4.78, 5) is 0. The van der Waals surface area contributed by atoms with Crippen LogP contribution in [0.5, 0.6) is 5.75 Å². The molecule has 0 saturated carbocycles. The number of hydrogen-bond donors (Lipinski definition) is 1. The molecular weight excluding hydrogens is 196 g/mol. The van der Waals surface area contributed by atoms with E-state index in [0.717, 1.165) is 12.0 Å². The van der Waals surface area contributed by atoms with Crippen molar-refractivity contribution in [3.63, 3.8) is 0 Å². The average molecular weight is 218 g/mol. The van der Waals surface area contributed by atoms with Crippen LogP contribution in [0.4, 0.5) is 0 Å². The Morgan fingerprint density at radius 2 is 1.94 bits per heavy atom. The Balaban J connectivity index is 2.17. The minimum Gasteiger partial charge on any atom is -0.508 e. The Kier molecular flexibility index (Phi) is 6.39. The number of unbranched alkanes of at least 4 members (excludes halogenated alkanes) is 5. The number of rotatable bonds is 7. The van der Waals surface area contributed by atoms with Gasteiger partial charge in [-0.3, -0.25) is 0 Å². The van der Waals surface area contributed by atoms with Crippen LogP contribution in [0.3, 0.4) is 0 Å². The first-order valence-corrected chi connectivity index (χ1v) is 6.28. The van der Waals surface area contributed by atoms with Gasteiger partial charge in [0.1, 0.15) is 5.75 Å². The normalized spacial score (nSPS) is 11.1. The van der Waals surface area contributed by atoms with Gasteiger partial charge >= 0.3 is 0 Å². The Morgan fingerprint density at radius 1 is 1.12 bits per heavy atom. The fraction of sp³-hybridized carbons (Fsp3) is 0.467. The molecule has 0 saturated heterocycles. The fourth-order valence-electron chi connectivity index (χ4n) is 1.71. The molecule has 16 heavy (non-hydrogen) atoms. The molecule has 88 valence electrons. The summed E-state index contributed by atoms with van der Waals surface area (Å²) in [5.41, 5.74) is 1.08. The SMILES string of the molecule is CCCCCCCC=Cc1cccc(O)c1. The van der Waals surface area contributed by atoms with Gasteiger partial charge in [-0.2, -0.15) is 0 Å². The summed E-state index contributed by atoms with van der Waals surface area (Å²) >= 11 is 0. The third-order valence-electron chi connectivity index (χ3n) is 2.65. The summed E-state index contributed by atoms with van der Waals surface area (Å²) in [6, 6.07) is 7.36. The van der Waals surface area contributed by atoms with E-state index >= 15 is 0 Å². The van der Waals surface area contributed by atoms with Crippen molar-refractivity contribution in [2.24, 2.45) is 0 Å². The van der Waals surface area contributed by atoms with E-state index in [0.29, 0.717) is 5.75 Å². The largest absolute Gasteiger partial charge is 0.508 e. The molecule has 0 spiro atoms. The molecule has 0 radical (unpaired) electrons. The molecule has 1 aromatic rings. The lowest BCUT2D eigenvalue weighted by molar-refractivity contribution is 0.475. The summed E-state index contributed by atoms with van der Waals surface area (Å²) in [6.07, 6.45) is 12.0. The number of benzene rings is 1. The average Bonchev–Trinajstić information content (AvgIpc) is 2.28.